The molecule has 0 bridgehead atoms. The lowest BCUT2D eigenvalue weighted by molar-refractivity contribution is -0.360. The third kappa shape index (κ3) is 4.28. The van der Waals surface area contributed by atoms with Gasteiger partial charge in [-0.1, -0.05) is 0 Å². The maximum Gasteiger partial charge on any atom is 0.362 e. The van der Waals surface area contributed by atoms with Crippen molar-refractivity contribution in [1.82, 2.24) is 9.80 Å². The van der Waals surface area contributed by atoms with Gasteiger partial charge in [-0.3, -0.25) is 14.4 Å². The van der Waals surface area contributed by atoms with E-state index >= 15 is 0 Å². The third-order valence-corrected chi connectivity index (χ3v) is 4.32. The van der Waals surface area contributed by atoms with Crippen molar-refractivity contribution >= 4 is 7.60 Å². The van der Waals surface area contributed by atoms with Crippen molar-refractivity contribution in [3.8, 4) is 0 Å². The van der Waals surface area contributed by atoms with Crippen LogP contribution in [0.4, 0.5) is 0 Å². The average Bonchev–Trinajstić information content (AvgIpc) is 2.06. The summed E-state index contributed by atoms with van der Waals surface area (Å²) < 4.78 is 11.8. The molecule has 0 aromatic carbocycles. The van der Waals surface area contributed by atoms with Gasteiger partial charge in [-0.05, 0) is 49.0 Å². The molecule has 0 aliphatic heterocycles. The predicted octanol–water partition coefficient (Wildman–Crippen LogP) is 0.688. The first-order chi connectivity index (χ1) is 7.84. The van der Waals surface area contributed by atoms with Gasteiger partial charge in [0.2, 0.25) is 5.40 Å². The fourth-order valence-electron chi connectivity index (χ4n) is 1.55. The Balaban J connectivity index is 5.06. The lowest BCUT2D eigenvalue weighted by atomic mass is 10.2. The van der Waals surface area contributed by atoms with Gasteiger partial charge in [-0.15, -0.1) is 0 Å². The van der Waals surface area contributed by atoms with Crippen LogP contribution in [0.25, 0.3) is 0 Å². The zero-order chi connectivity index (χ0) is 14.8. The fraction of sp³-hybridized carbons (Fsp3) is 1.00. The van der Waals surface area contributed by atoms with Crippen molar-refractivity contribution in [3.63, 3.8) is 0 Å². The molecule has 18 heavy (non-hydrogen) atoms. The summed E-state index contributed by atoms with van der Waals surface area (Å²) in [6.07, 6.45) is 0. The second kappa shape index (κ2) is 5.96. The van der Waals surface area contributed by atoms with Gasteiger partial charge in [-0.25, -0.2) is 9.78 Å². The molecule has 0 amide bonds. The second-order valence-electron chi connectivity index (χ2n) is 5.57. The zero-order valence-electron chi connectivity index (χ0n) is 12.2. The molecule has 0 atom stereocenters. The monoisotopic (exact) mass is 284 g/mol. The van der Waals surface area contributed by atoms with Crippen LogP contribution in [0.5, 0.6) is 0 Å². The van der Waals surface area contributed by atoms with Crippen molar-refractivity contribution in [2.24, 2.45) is 0 Å². The van der Waals surface area contributed by atoms with Crippen LogP contribution in [0.15, 0.2) is 0 Å². The molecule has 0 fully saturated rings. The van der Waals surface area contributed by atoms with Crippen LogP contribution in [0.2, 0.25) is 0 Å². The Bertz CT molecular complexity index is 300. The summed E-state index contributed by atoms with van der Waals surface area (Å²) in [5, 5.41) is -1.56. The predicted molar refractivity (Wildman–Crippen MR) is 68.9 cm³/mol. The molecule has 0 aromatic rings. The molecule has 0 aliphatic rings. The number of rotatable bonds is 6. The fourth-order valence-corrected chi connectivity index (χ4v) is 2.81. The minimum absolute atomic E-state index is 0.269. The minimum atomic E-state index is -4.45. The Hall–Kier alpha value is -0.0100. The van der Waals surface area contributed by atoms with Crippen molar-refractivity contribution in [3.05, 3.63) is 0 Å². The molecule has 0 radical (unpaired) electrons. The van der Waals surface area contributed by atoms with Crippen molar-refractivity contribution in [2.75, 3.05) is 34.8 Å². The van der Waals surface area contributed by atoms with E-state index in [1.807, 2.05) is 0 Å². The minimum Gasteiger partial charge on any atom is -0.322 e. The van der Waals surface area contributed by atoms with Gasteiger partial charge in [0.15, 0.2) is 0 Å². The number of hydrogen-bond donors (Lipinski definition) is 2. The van der Waals surface area contributed by atoms with Gasteiger partial charge >= 0.3 is 7.60 Å². The Morgan fingerprint density at radius 3 is 1.67 bits per heavy atom. The molecule has 110 valence electrons. The van der Waals surface area contributed by atoms with Crippen LogP contribution in [0.3, 0.4) is 0 Å². The van der Waals surface area contributed by atoms with Crippen molar-refractivity contribution in [2.45, 2.75) is 31.8 Å². The molecule has 0 spiro atoms. The van der Waals surface area contributed by atoms with E-state index in [4.69, 9.17) is 9.78 Å². The van der Waals surface area contributed by atoms with E-state index in [1.54, 1.807) is 49.0 Å². The highest BCUT2D eigenvalue weighted by Crippen LogP contribution is 2.52. The van der Waals surface area contributed by atoms with Crippen molar-refractivity contribution in [1.29, 1.82) is 0 Å². The second-order valence-corrected chi connectivity index (χ2v) is 7.37. The molecule has 0 rings (SSSR count). The SMILES string of the molecule is CN(C)C(COOC(C)(C)C)(N(C)C)P(=O)(O)O. The van der Waals surface area contributed by atoms with Gasteiger partial charge in [0.25, 0.3) is 0 Å². The van der Waals surface area contributed by atoms with E-state index in [0.29, 0.717) is 0 Å². The normalized spacial score (nSPS) is 14.6. The topological polar surface area (TPSA) is 82.5 Å². The molecule has 7 nitrogen and oxygen atoms in total. The van der Waals surface area contributed by atoms with Gasteiger partial charge in [0.05, 0.1) is 5.60 Å². The first kappa shape index (κ1) is 18.0. The number of nitrogens with zero attached hydrogens (tertiary/aromatic N) is 2. The maximum absolute atomic E-state index is 11.8. The summed E-state index contributed by atoms with van der Waals surface area (Å²) in [5.41, 5.74) is -0.542. The summed E-state index contributed by atoms with van der Waals surface area (Å²) >= 11 is 0. The van der Waals surface area contributed by atoms with Gasteiger partial charge in [-0.2, -0.15) is 0 Å². The zero-order valence-corrected chi connectivity index (χ0v) is 13.1. The molecule has 0 saturated carbocycles. The van der Waals surface area contributed by atoms with E-state index in [9.17, 15) is 14.4 Å². The van der Waals surface area contributed by atoms with Crippen LogP contribution in [0, 0.1) is 0 Å². The maximum atomic E-state index is 11.8. The number of hydrogen-bond acceptors (Lipinski definition) is 5. The van der Waals surface area contributed by atoms with Crippen LogP contribution in [0.1, 0.15) is 20.8 Å². The van der Waals surface area contributed by atoms with E-state index in [0.717, 1.165) is 0 Å². The molecule has 8 heteroatoms. The Labute approximate surface area is 109 Å². The van der Waals surface area contributed by atoms with Crippen LogP contribution in [-0.4, -0.2) is 65.4 Å². The standard InChI is InChI=1S/C10H25N2O5P/c1-9(2,3)17-16-8-10(11(4)5,12(6)7)18(13,14)15/h8H2,1-7H3,(H2,13,14,15). The summed E-state index contributed by atoms with van der Waals surface area (Å²) in [5.74, 6) is 0. The summed E-state index contributed by atoms with van der Waals surface area (Å²) in [7, 11) is 1.88. The molecule has 0 heterocycles. The van der Waals surface area contributed by atoms with E-state index in [2.05, 4.69) is 0 Å². The largest absolute Gasteiger partial charge is 0.362 e. The highest BCUT2D eigenvalue weighted by molar-refractivity contribution is 7.53. The lowest BCUT2D eigenvalue weighted by Gasteiger charge is -2.44. The molecule has 2 N–H and O–H groups in total. The highest BCUT2D eigenvalue weighted by Gasteiger charge is 2.52. The van der Waals surface area contributed by atoms with Gasteiger partial charge in [0, 0.05) is 0 Å². The Kier molecular flexibility index (Phi) is 5.96. The van der Waals surface area contributed by atoms with Crippen LogP contribution in [-0.2, 0) is 14.3 Å². The van der Waals surface area contributed by atoms with E-state index < -0.39 is 18.6 Å². The Morgan fingerprint density at radius 1 is 1.06 bits per heavy atom. The van der Waals surface area contributed by atoms with Crippen LogP contribution < -0.4 is 0 Å². The summed E-state index contributed by atoms with van der Waals surface area (Å²) in [6, 6.07) is 0. The molecule has 0 aromatic heterocycles. The van der Waals surface area contributed by atoms with E-state index in [1.165, 1.54) is 9.80 Å². The molecule has 0 unspecified atom stereocenters. The van der Waals surface area contributed by atoms with E-state index in [-0.39, 0.29) is 6.61 Å². The molecule has 0 aliphatic carbocycles. The van der Waals surface area contributed by atoms with Crippen molar-refractivity contribution < 1.29 is 24.1 Å². The van der Waals surface area contributed by atoms with Crippen LogP contribution >= 0.6 is 7.60 Å². The smallest absolute Gasteiger partial charge is 0.322 e. The summed E-state index contributed by atoms with van der Waals surface area (Å²) in [6.45, 7) is 5.10. The average molecular weight is 284 g/mol. The Morgan fingerprint density at radius 2 is 1.44 bits per heavy atom. The van der Waals surface area contributed by atoms with Gasteiger partial charge < -0.3 is 9.79 Å². The molecular formula is C10H25N2O5P. The molecular weight excluding hydrogens is 259 g/mol. The number of likely N-dealkylation sites (N-methyl/N-ethyl adjacent to an activating group) is 2. The highest BCUT2D eigenvalue weighted by atomic mass is 31.2. The third-order valence-electron chi connectivity index (χ3n) is 2.46. The van der Waals surface area contributed by atoms with Gasteiger partial charge in [0.1, 0.15) is 6.61 Å². The first-order valence-electron chi connectivity index (χ1n) is 5.56. The summed E-state index contributed by atoms with van der Waals surface area (Å²) in [4.78, 5) is 32.2. The first-order valence-corrected chi connectivity index (χ1v) is 7.17. The quantitative estimate of drug-likeness (QED) is 0.321. The lowest BCUT2D eigenvalue weighted by Crippen LogP contribution is -2.58. The molecule has 0 saturated heterocycles.